The van der Waals surface area contributed by atoms with Crippen molar-refractivity contribution >= 4 is 17.4 Å². The van der Waals surface area contributed by atoms with E-state index in [1.807, 2.05) is 6.92 Å². The van der Waals surface area contributed by atoms with Crippen LogP contribution in [0, 0.1) is 22.5 Å². The second-order valence-corrected chi connectivity index (χ2v) is 8.50. The number of nitrogens with one attached hydrogen (secondary N) is 1. The molecule has 0 aliphatic heterocycles. The number of hydrogen-bond donors (Lipinski definition) is 1. The van der Waals surface area contributed by atoms with E-state index >= 15 is 4.39 Å². The number of hydrogen-bond acceptors (Lipinski definition) is 2. The Hall–Kier alpha value is -1.99. The van der Waals surface area contributed by atoms with Gasteiger partial charge in [0.05, 0.1) is 0 Å². The first-order valence-electron chi connectivity index (χ1n) is 9.77. The maximum atomic E-state index is 15.2. The van der Waals surface area contributed by atoms with E-state index in [9.17, 15) is 27.2 Å². The van der Waals surface area contributed by atoms with Crippen molar-refractivity contribution in [3.8, 4) is 0 Å². The number of Topliss-reactive ketones (excluding diaryl/α,β-unsaturated/α-hetero) is 1. The summed E-state index contributed by atoms with van der Waals surface area (Å²) in [6.45, 7) is 3.86. The molecule has 1 fully saturated rings. The molecule has 2 aliphatic rings. The first-order valence-corrected chi connectivity index (χ1v) is 9.77. The van der Waals surface area contributed by atoms with Crippen LogP contribution >= 0.6 is 0 Å². The molecule has 1 N–H and O–H groups in total. The minimum Gasteiger partial charge on any atom is -0.321 e. The molecule has 1 saturated carbocycles. The van der Waals surface area contributed by atoms with Crippen molar-refractivity contribution in [2.45, 2.75) is 71.4 Å². The fourth-order valence-electron chi connectivity index (χ4n) is 5.34. The quantitative estimate of drug-likeness (QED) is 0.642. The molecule has 160 valence electrons. The number of halogens is 5. The topological polar surface area (TPSA) is 46.2 Å². The summed E-state index contributed by atoms with van der Waals surface area (Å²) in [5.74, 6) is -5.16. The number of unbranched alkanes of at least 4 members (excludes halogenated alkanes) is 1. The molecule has 8 heteroatoms. The molecule has 2 aliphatic carbocycles. The lowest BCUT2D eigenvalue weighted by atomic mass is 9.53. The largest absolute Gasteiger partial charge is 0.401 e. The predicted molar refractivity (Wildman–Crippen MR) is 97.5 cm³/mol. The number of carbonyl (C=O) groups is 2. The zero-order chi connectivity index (χ0) is 21.8. The highest BCUT2D eigenvalue weighted by Gasteiger charge is 2.69. The highest BCUT2D eigenvalue weighted by atomic mass is 19.4. The van der Waals surface area contributed by atoms with Crippen molar-refractivity contribution in [3.05, 3.63) is 28.8 Å². The second kappa shape index (κ2) is 7.06. The number of rotatable bonds is 4. The fourth-order valence-corrected chi connectivity index (χ4v) is 5.34. The van der Waals surface area contributed by atoms with E-state index in [0.717, 1.165) is 26.3 Å². The average molecular weight is 417 g/mol. The van der Waals surface area contributed by atoms with E-state index in [1.54, 1.807) is 0 Å². The molecule has 3 atom stereocenters. The lowest BCUT2D eigenvalue weighted by Crippen LogP contribution is -2.55. The van der Waals surface area contributed by atoms with Crippen LogP contribution in [0.5, 0.6) is 0 Å². The van der Waals surface area contributed by atoms with Crippen LogP contribution in [0.4, 0.5) is 27.6 Å². The maximum absolute atomic E-state index is 15.2. The van der Waals surface area contributed by atoms with Gasteiger partial charge in [-0.3, -0.25) is 9.59 Å². The normalized spacial score (nSPS) is 28.8. The van der Waals surface area contributed by atoms with E-state index in [2.05, 4.69) is 5.32 Å². The summed E-state index contributed by atoms with van der Waals surface area (Å²) in [6, 6.07) is 0.880. The molecule has 1 aromatic carbocycles. The summed E-state index contributed by atoms with van der Waals surface area (Å²) in [5.41, 5.74) is -4.46. The first kappa shape index (κ1) is 21.7. The van der Waals surface area contributed by atoms with Gasteiger partial charge >= 0.3 is 6.18 Å². The van der Waals surface area contributed by atoms with E-state index in [0.29, 0.717) is 12.8 Å². The number of carbonyl (C=O) groups excluding carboxylic acids is 2. The SMILES string of the molecule is CCCCC12CCC(=O)C(C)(C(F)(F)F)C1c1cc(F)c(NC(C)=O)c(F)c1C2. The molecule has 3 unspecified atom stereocenters. The van der Waals surface area contributed by atoms with Gasteiger partial charge in [0.25, 0.3) is 0 Å². The zero-order valence-electron chi connectivity index (χ0n) is 16.6. The van der Waals surface area contributed by atoms with Gasteiger partial charge in [-0.25, -0.2) is 8.78 Å². The maximum Gasteiger partial charge on any atom is 0.401 e. The van der Waals surface area contributed by atoms with Gasteiger partial charge in [0.2, 0.25) is 5.91 Å². The Kier molecular flexibility index (Phi) is 5.28. The van der Waals surface area contributed by atoms with E-state index in [-0.39, 0.29) is 30.4 Å². The highest BCUT2D eigenvalue weighted by Crippen LogP contribution is 2.67. The second-order valence-electron chi connectivity index (χ2n) is 8.50. The van der Waals surface area contributed by atoms with Crippen molar-refractivity contribution in [3.63, 3.8) is 0 Å². The number of anilines is 1. The van der Waals surface area contributed by atoms with Gasteiger partial charge in [0.1, 0.15) is 22.7 Å². The van der Waals surface area contributed by atoms with Crippen molar-refractivity contribution in [2.24, 2.45) is 10.8 Å². The lowest BCUT2D eigenvalue weighted by molar-refractivity contribution is -0.236. The van der Waals surface area contributed by atoms with Crippen LogP contribution in [0.1, 0.15) is 69.9 Å². The third kappa shape index (κ3) is 3.15. The molecule has 3 nitrogen and oxygen atoms in total. The third-order valence-electron chi connectivity index (χ3n) is 6.73. The summed E-state index contributed by atoms with van der Waals surface area (Å²) in [5, 5.41) is 2.09. The van der Waals surface area contributed by atoms with Gasteiger partial charge in [-0.1, -0.05) is 19.8 Å². The molecule has 1 amide bonds. The molecule has 0 aromatic heterocycles. The van der Waals surface area contributed by atoms with Crippen molar-refractivity contribution in [1.82, 2.24) is 0 Å². The molecule has 0 saturated heterocycles. The molecule has 0 spiro atoms. The Labute approximate surface area is 166 Å². The van der Waals surface area contributed by atoms with Crippen molar-refractivity contribution in [2.75, 3.05) is 5.32 Å². The Morgan fingerprint density at radius 1 is 1.31 bits per heavy atom. The molecule has 29 heavy (non-hydrogen) atoms. The fraction of sp³-hybridized carbons (Fsp3) is 0.619. The monoisotopic (exact) mass is 417 g/mol. The summed E-state index contributed by atoms with van der Waals surface area (Å²) < 4.78 is 72.3. The number of ketones is 1. The lowest BCUT2D eigenvalue weighted by Gasteiger charge is -2.50. The number of amides is 1. The molecular formula is C21H24F5NO2. The van der Waals surface area contributed by atoms with Gasteiger partial charge in [-0.15, -0.1) is 0 Å². The minimum absolute atomic E-state index is 0.00928. The predicted octanol–water partition coefficient (Wildman–Crippen LogP) is 5.67. The van der Waals surface area contributed by atoms with Crippen molar-refractivity contribution < 1.29 is 31.5 Å². The van der Waals surface area contributed by atoms with Crippen LogP contribution in [0.2, 0.25) is 0 Å². The Morgan fingerprint density at radius 2 is 1.97 bits per heavy atom. The molecule has 1 aromatic rings. The summed E-state index contributed by atoms with van der Waals surface area (Å²) in [6.07, 6.45) is -3.16. The smallest absolute Gasteiger partial charge is 0.321 e. The molecule has 0 bridgehead atoms. The third-order valence-corrected chi connectivity index (χ3v) is 6.73. The van der Waals surface area contributed by atoms with Gasteiger partial charge in [0, 0.05) is 19.3 Å². The minimum atomic E-state index is -4.85. The summed E-state index contributed by atoms with van der Waals surface area (Å²) in [7, 11) is 0. The van der Waals surface area contributed by atoms with Crippen LogP contribution < -0.4 is 5.32 Å². The Balaban J connectivity index is 2.27. The van der Waals surface area contributed by atoms with Gasteiger partial charge in [-0.05, 0) is 48.8 Å². The Bertz CT molecular complexity index is 866. The molecule has 0 radical (unpaired) electrons. The molecule has 3 rings (SSSR count). The van der Waals surface area contributed by atoms with Crippen LogP contribution in [0.3, 0.4) is 0 Å². The zero-order valence-corrected chi connectivity index (χ0v) is 16.6. The number of alkyl halides is 3. The standard InChI is InChI=1S/C21H24F5NO2/c1-4-5-7-20-8-6-15(29)19(3,21(24,25)26)18(20)12-9-14(22)17(27-11(2)28)16(23)13(12)10-20/h9,18H,4-8,10H2,1-3H3,(H,27,28). The molecule has 0 heterocycles. The van der Waals surface area contributed by atoms with E-state index < -0.39 is 51.9 Å². The van der Waals surface area contributed by atoms with Crippen LogP contribution in [0.25, 0.3) is 0 Å². The van der Waals surface area contributed by atoms with Crippen LogP contribution in [-0.2, 0) is 16.0 Å². The molecular weight excluding hydrogens is 393 g/mol. The number of fused-ring (bicyclic) bond motifs is 3. The highest BCUT2D eigenvalue weighted by molar-refractivity contribution is 5.90. The summed E-state index contributed by atoms with van der Waals surface area (Å²) >= 11 is 0. The van der Waals surface area contributed by atoms with Gasteiger partial charge in [0.15, 0.2) is 5.82 Å². The van der Waals surface area contributed by atoms with Crippen molar-refractivity contribution in [1.29, 1.82) is 0 Å². The van der Waals surface area contributed by atoms with E-state index in [1.165, 1.54) is 0 Å². The summed E-state index contributed by atoms with van der Waals surface area (Å²) in [4.78, 5) is 23.9. The Morgan fingerprint density at radius 3 is 2.52 bits per heavy atom. The average Bonchev–Trinajstić information content (AvgIpc) is 2.95. The van der Waals surface area contributed by atoms with Gasteiger partial charge < -0.3 is 5.32 Å². The van der Waals surface area contributed by atoms with Crippen LogP contribution in [0.15, 0.2) is 6.07 Å². The van der Waals surface area contributed by atoms with E-state index in [4.69, 9.17) is 0 Å². The first-order chi connectivity index (χ1) is 13.4. The van der Waals surface area contributed by atoms with Gasteiger partial charge in [-0.2, -0.15) is 13.2 Å². The number of benzene rings is 1. The van der Waals surface area contributed by atoms with Crippen LogP contribution in [-0.4, -0.2) is 17.9 Å².